The molecule has 1 aromatic rings. The second kappa shape index (κ2) is 2.86. The van der Waals surface area contributed by atoms with Crippen LogP contribution in [0.4, 0.5) is 0 Å². The van der Waals surface area contributed by atoms with Crippen LogP contribution < -0.4 is 0 Å². The molecule has 0 amide bonds. The fraction of sp³-hybridized carbons (Fsp3) is 0. The quantitative estimate of drug-likeness (QED) is 0.525. The number of hydrogen-bond acceptors (Lipinski definition) is 2. The molecule has 0 aliphatic heterocycles. The van der Waals surface area contributed by atoms with Crippen molar-refractivity contribution in [2.75, 3.05) is 0 Å². The Hall–Kier alpha value is -0.354. The van der Waals surface area contributed by atoms with E-state index in [0.717, 1.165) is 0 Å². The predicted molar refractivity (Wildman–Crippen MR) is 16.4 cm³/mol. The Labute approximate surface area is 45.3 Å². The van der Waals surface area contributed by atoms with E-state index in [4.69, 9.17) is 0 Å². The fourth-order valence-electron chi connectivity index (χ4n) is 0.167. The minimum atomic E-state index is 0. The standard InChI is InChI=1S/C2H3N3.Co/c1-2-4-5-3-1;/h1-2H,(H,3,4,5);/q;+2. The Morgan fingerprint density at radius 2 is 1.67 bits per heavy atom. The van der Waals surface area contributed by atoms with Gasteiger partial charge in [0.2, 0.25) is 0 Å². The largest absolute Gasteiger partial charge is 2.00 e. The molecule has 0 saturated heterocycles. The summed E-state index contributed by atoms with van der Waals surface area (Å²) in [6.45, 7) is 0. The molecular formula is C2H3CoN3+2. The van der Waals surface area contributed by atoms with E-state index in [0.29, 0.717) is 0 Å². The van der Waals surface area contributed by atoms with Gasteiger partial charge in [-0.2, -0.15) is 15.4 Å². The zero-order chi connectivity index (χ0) is 3.54. The topological polar surface area (TPSA) is 41.6 Å². The maximum absolute atomic E-state index is 3.49. The zero-order valence-corrected chi connectivity index (χ0v) is 3.92. The molecule has 0 unspecified atom stereocenters. The molecule has 0 bridgehead atoms. The van der Waals surface area contributed by atoms with Gasteiger partial charge in [0.15, 0.2) is 0 Å². The first-order valence-electron chi connectivity index (χ1n) is 1.30. The van der Waals surface area contributed by atoms with E-state index < -0.39 is 0 Å². The molecular weight excluding hydrogens is 125 g/mol. The summed E-state index contributed by atoms with van der Waals surface area (Å²) in [6.07, 6.45) is 3.17. The molecule has 0 fully saturated rings. The fourth-order valence-corrected chi connectivity index (χ4v) is 0.167. The first-order chi connectivity index (χ1) is 2.50. The van der Waals surface area contributed by atoms with Crippen molar-refractivity contribution in [3.05, 3.63) is 12.4 Å². The van der Waals surface area contributed by atoms with Crippen LogP contribution in [0.15, 0.2) is 12.4 Å². The van der Waals surface area contributed by atoms with E-state index in [2.05, 4.69) is 15.4 Å². The second-order valence-electron chi connectivity index (χ2n) is 0.656. The summed E-state index contributed by atoms with van der Waals surface area (Å²) in [4.78, 5) is 0. The van der Waals surface area contributed by atoms with Crippen LogP contribution >= 0.6 is 0 Å². The molecule has 1 aromatic heterocycles. The molecule has 1 heterocycles. The summed E-state index contributed by atoms with van der Waals surface area (Å²) in [5.74, 6) is 0. The number of aromatic nitrogens is 3. The van der Waals surface area contributed by atoms with Crippen LogP contribution in [0, 0.1) is 0 Å². The molecule has 0 aliphatic rings. The van der Waals surface area contributed by atoms with Gasteiger partial charge < -0.3 is 0 Å². The third-order valence-corrected chi connectivity index (χ3v) is 0.331. The van der Waals surface area contributed by atoms with Crippen molar-refractivity contribution in [3.8, 4) is 0 Å². The Morgan fingerprint density at radius 3 is 1.83 bits per heavy atom. The van der Waals surface area contributed by atoms with Gasteiger partial charge in [0, 0.05) is 0 Å². The molecule has 0 atom stereocenters. The number of rotatable bonds is 0. The number of nitrogens with one attached hydrogen (secondary N) is 1. The summed E-state index contributed by atoms with van der Waals surface area (Å²) in [7, 11) is 0. The molecule has 3 nitrogen and oxygen atoms in total. The van der Waals surface area contributed by atoms with Gasteiger partial charge in [-0.25, -0.2) is 0 Å². The SMILES string of the molecule is [Co+2].c1cn[nH]n1. The van der Waals surface area contributed by atoms with Crippen molar-refractivity contribution >= 4 is 0 Å². The van der Waals surface area contributed by atoms with Crippen molar-refractivity contribution in [2.24, 2.45) is 0 Å². The summed E-state index contributed by atoms with van der Waals surface area (Å²) in [5, 5.41) is 9.33. The van der Waals surface area contributed by atoms with Gasteiger partial charge in [-0.1, -0.05) is 0 Å². The van der Waals surface area contributed by atoms with E-state index >= 15 is 0 Å². The molecule has 0 saturated carbocycles. The molecule has 4 heteroatoms. The van der Waals surface area contributed by atoms with Gasteiger partial charge in [0.25, 0.3) is 0 Å². The minimum Gasteiger partial charge on any atom is -0.198 e. The van der Waals surface area contributed by atoms with Gasteiger partial charge in [-0.15, -0.1) is 0 Å². The second-order valence-corrected chi connectivity index (χ2v) is 0.656. The Kier molecular flexibility index (Phi) is 2.69. The van der Waals surface area contributed by atoms with E-state index in [9.17, 15) is 0 Å². The summed E-state index contributed by atoms with van der Waals surface area (Å²) in [5.41, 5.74) is 0. The summed E-state index contributed by atoms with van der Waals surface area (Å²) >= 11 is 0. The molecule has 6 heavy (non-hydrogen) atoms. The van der Waals surface area contributed by atoms with Gasteiger partial charge in [0.1, 0.15) is 0 Å². The van der Waals surface area contributed by atoms with Crippen molar-refractivity contribution in [2.45, 2.75) is 0 Å². The molecule has 0 spiro atoms. The van der Waals surface area contributed by atoms with E-state index in [1.54, 1.807) is 12.4 Å². The monoisotopic (exact) mass is 128 g/mol. The summed E-state index contributed by atoms with van der Waals surface area (Å²) in [6, 6.07) is 0. The minimum absolute atomic E-state index is 0. The Morgan fingerprint density at radius 1 is 1.17 bits per heavy atom. The van der Waals surface area contributed by atoms with Crippen molar-refractivity contribution in [1.29, 1.82) is 0 Å². The molecule has 33 valence electrons. The molecule has 0 aliphatic carbocycles. The third-order valence-electron chi connectivity index (χ3n) is 0.331. The molecule has 0 aromatic carbocycles. The first kappa shape index (κ1) is 5.65. The van der Waals surface area contributed by atoms with Gasteiger partial charge in [-0.05, 0) is 0 Å². The maximum Gasteiger partial charge on any atom is 2.00 e. The average Bonchev–Trinajstić information content (AvgIpc) is 1.76. The third kappa shape index (κ3) is 1.18. The Bertz CT molecular complexity index is 65.3. The van der Waals surface area contributed by atoms with Crippen LogP contribution in [0.3, 0.4) is 0 Å². The van der Waals surface area contributed by atoms with Crippen molar-refractivity contribution in [3.63, 3.8) is 0 Å². The van der Waals surface area contributed by atoms with Gasteiger partial charge in [0.05, 0.1) is 12.4 Å². The van der Waals surface area contributed by atoms with Crippen LogP contribution in [0.5, 0.6) is 0 Å². The van der Waals surface area contributed by atoms with Crippen LogP contribution in [0.2, 0.25) is 0 Å². The van der Waals surface area contributed by atoms with E-state index in [-0.39, 0.29) is 16.8 Å². The van der Waals surface area contributed by atoms with Crippen LogP contribution in [-0.4, -0.2) is 15.4 Å². The van der Waals surface area contributed by atoms with Crippen molar-refractivity contribution < 1.29 is 16.8 Å². The number of aromatic amines is 1. The molecule has 1 rings (SSSR count). The van der Waals surface area contributed by atoms with Crippen LogP contribution in [-0.2, 0) is 16.8 Å². The van der Waals surface area contributed by atoms with E-state index in [1.165, 1.54) is 0 Å². The Balaban J connectivity index is 0.000000250. The van der Waals surface area contributed by atoms with Crippen molar-refractivity contribution in [1.82, 2.24) is 15.4 Å². The zero-order valence-electron chi connectivity index (χ0n) is 2.88. The first-order valence-corrected chi connectivity index (χ1v) is 1.30. The number of hydrogen-bond donors (Lipinski definition) is 1. The number of nitrogens with zero attached hydrogens (tertiary/aromatic N) is 2. The van der Waals surface area contributed by atoms with Gasteiger partial charge >= 0.3 is 16.8 Å². The van der Waals surface area contributed by atoms with E-state index in [1.807, 2.05) is 0 Å². The average molecular weight is 128 g/mol. The molecule has 1 N–H and O–H groups in total. The smallest absolute Gasteiger partial charge is 0.198 e. The normalized spacial score (nSPS) is 6.67. The number of H-pyrrole nitrogens is 1. The summed E-state index contributed by atoms with van der Waals surface area (Å²) < 4.78 is 0. The maximum atomic E-state index is 3.49. The molecule has 1 radical (unpaired) electrons. The predicted octanol–water partition coefficient (Wildman–Crippen LogP) is -0.198. The van der Waals surface area contributed by atoms with Gasteiger partial charge in [-0.3, -0.25) is 0 Å². The van der Waals surface area contributed by atoms with Crippen LogP contribution in [0.1, 0.15) is 0 Å². The van der Waals surface area contributed by atoms with Crippen LogP contribution in [0.25, 0.3) is 0 Å².